The molecule has 1 aliphatic rings. The van der Waals surface area contributed by atoms with Crippen LogP contribution in [0.5, 0.6) is 0 Å². The maximum absolute atomic E-state index is 15.2. The third-order valence-corrected chi connectivity index (χ3v) is 7.86. The summed E-state index contributed by atoms with van der Waals surface area (Å²) in [7, 11) is -3.59. The number of pyridine rings is 1. The van der Waals surface area contributed by atoms with E-state index < -0.39 is 38.7 Å². The summed E-state index contributed by atoms with van der Waals surface area (Å²) in [5.74, 6) is -5.03. The Hall–Kier alpha value is -2.79. The number of halogens is 3. The third kappa shape index (κ3) is 4.22. The second-order valence-corrected chi connectivity index (χ2v) is 10.9. The minimum Gasteiger partial charge on any atom is -0.383 e. The number of hydrogen-bond donors (Lipinski definition) is 2. The molecule has 1 unspecified atom stereocenters. The average molecular weight is 495 g/mol. The molecule has 2 N–H and O–H groups in total. The van der Waals surface area contributed by atoms with E-state index in [0.29, 0.717) is 29.6 Å². The van der Waals surface area contributed by atoms with Crippen molar-refractivity contribution >= 4 is 26.6 Å². The van der Waals surface area contributed by atoms with Gasteiger partial charge in [-0.2, -0.15) is 8.78 Å². The third-order valence-electron chi connectivity index (χ3n) is 6.24. The molecule has 0 radical (unpaired) electrons. The quantitative estimate of drug-likeness (QED) is 0.485. The number of aryl methyl sites for hydroxylation is 1. The van der Waals surface area contributed by atoms with Crippen LogP contribution in [0.2, 0.25) is 0 Å². The molecule has 1 aliphatic carbocycles. The lowest BCUT2D eigenvalue weighted by Crippen LogP contribution is -2.45. The standard InChI is InChI=1S/C23H25F3N4O3S/c1-4-34(32,33)19-10-16-18(12-27-19)29-13(2)30-21(16)28-11-14-6-5-7-17(20(14)24)23(25,26)22(3,31)15-8-9-15/h5-7,10,12,15,31H,4,8-9,11H2,1-3H3,(H,28,29,30). The molecular weight excluding hydrogens is 469 g/mol. The van der Waals surface area contributed by atoms with E-state index in [1.54, 1.807) is 6.92 Å². The van der Waals surface area contributed by atoms with E-state index >= 15 is 13.2 Å². The van der Waals surface area contributed by atoms with E-state index in [4.69, 9.17) is 0 Å². The fourth-order valence-corrected chi connectivity index (χ4v) is 4.70. The van der Waals surface area contributed by atoms with Crippen LogP contribution in [0.4, 0.5) is 19.0 Å². The molecule has 3 aromatic rings. The van der Waals surface area contributed by atoms with Crippen molar-refractivity contribution in [3.63, 3.8) is 0 Å². The summed E-state index contributed by atoms with van der Waals surface area (Å²) >= 11 is 0. The van der Waals surface area contributed by atoms with Crippen LogP contribution in [0, 0.1) is 18.7 Å². The molecule has 2 heterocycles. The summed E-state index contributed by atoms with van der Waals surface area (Å²) in [5, 5.41) is 13.5. The van der Waals surface area contributed by atoms with Crippen LogP contribution in [-0.4, -0.2) is 39.8 Å². The maximum atomic E-state index is 15.2. The van der Waals surface area contributed by atoms with E-state index in [1.807, 2.05) is 0 Å². The number of hydrogen-bond acceptors (Lipinski definition) is 7. The molecule has 2 aromatic heterocycles. The first-order chi connectivity index (χ1) is 15.9. The fraction of sp³-hybridized carbons (Fsp3) is 0.435. The van der Waals surface area contributed by atoms with Gasteiger partial charge in [0.15, 0.2) is 14.9 Å². The normalized spacial score (nSPS) is 16.4. The van der Waals surface area contributed by atoms with Crippen molar-refractivity contribution in [1.82, 2.24) is 15.0 Å². The number of aliphatic hydroxyl groups is 1. The second-order valence-electron chi connectivity index (χ2n) is 8.69. The summed E-state index contributed by atoms with van der Waals surface area (Å²) in [4.78, 5) is 12.5. The van der Waals surface area contributed by atoms with Gasteiger partial charge in [0, 0.05) is 17.5 Å². The van der Waals surface area contributed by atoms with E-state index in [9.17, 15) is 13.5 Å². The predicted octanol–water partition coefficient (Wildman–Crippen LogP) is 4.13. The highest BCUT2D eigenvalue weighted by atomic mass is 32.2. The smallest absolute Gasteiger partial charge is 0.304 e. The molecule has 1 fully saturated rings. The monoisotopic (exact) mass is 494 g/mol. The number of sulfone groups is 1. The number of rotatable bonds is 8. The zero-order valence-corrected chi connectivity index (χ0v) is 19.8. The fourth-order valence-electron chi connectivity index (χ4n) is 3.89. The molecule has 0 amide bonds. The van der Waals surface area contributed by atoms with Crippen molar-refractivity contribution in [1.29, 1.82) is 0 Å². The van der Waals surface area contributed by atoms with Crippen molar-refractivity contribution in [2.24, 2.45) is 5.92 Å². The summed E-state index contributed by atoms with van der Waals surface area (Å²) < 4.78 is 69.9. The first-order valence-corrected chi connectivity index (χ1v) is 12.5. The van der Waals surface area contributed by atoms with Gasteiger partial charge in [-0.3, -0.25) is 0 Å². The van der Waals surface area contributed by atoms with Crippen LogP contribution in [0.1, 0.15) is 43.6 Å². The summed E-state index contributed by atoms with van der Waals surface area (Å²) in [5.41, 5.74) is -2.89. The number of benzene rings is 1. The zero-order valence-electron chi connectivity index (χ0n) is 18.9. The molecule has 1 atom stereocenters. The minimum absolute atomic E-state index is 0.0522. The molecule has 1 aromatic carbocycles. The Balaban J connectivity index is 1.68. The molecule has 182 valence electrons. The van der Waals surface area contributed by atoms with Crippen molar-refractivity contribution in [3.05, 3.63) is 53.2 Å². The van der Waals surface area contributed by atoms with Crippen LogP contribution < -0.4 is 5.32 Å². The summed E-state index contributed by atoms with van der Waals surface area (Å²) in [6.45, 7) is 3.97. The number of fused-ring (bicyclic) bond motifs is 1. The molecule has 34 heavy (non-hydrogen) atoms. The first-order valence-electron chi connectivity index (χ1n) is 10.9. The molecule has 4 rings (SSSR count). The Morgan fingerprint density at radius 3 is 2.59 bits per heavy atom. The van der Waals surface area contributed by atoms with Gasteiger partial charge in [0.1, 0.15) is 23.1 Å². The summed E-state index contributed by atoms with van der Waals surface area (Å²) in [6.07, 6.45) is 2.26. The topological polar surface area (TPSA) is 105 Å². The van der Waals surface area contributed by atoms with Crippen molar-refractivity contribution in [2.45, 2.75) is 56.7 Å². The van der Waals surface area contributed by atoms with E-state index in [2.05, 4.69) is 20.3 Å². The highest BCUT2D eigenvalue weighted by molar-refractivity contribution is 7.91. The van der Waals surface area contributed by atoms with Crippen molar-refractivity contribution < 1.29 is 26.7 Å². The average Bonchev–Trinajstić information content (AvgIpc) is 3.63. The molecule has 1 saturated carbocycles. The number of anilines is 1. The number of aromatic nitrogens is 3. The largest absolute Gasteiger partial charge is 0.383 e. The molecule has 0 spiro atoms. The van der Waals surface area contributed by atoms with Gasteiger partial charge in [-0.25, -0.2) is 27.8 Å². The van der Waals surface area contributed by atoms with Gasteiger partial charge >= 0.3 is 5.92 Å². The Morgan fingerprint density at radius 1 is 1.24 bits per heavy atom. The molecule has 0 bridgehead atoms. The molecule has 7 nitrogen and oxygen atoms in total. The highest BCUT2D eigenvalue weighted by Crippen LogP contribution is 2.52. The molecule has 11 heteroatoms. The van der Waals surface area contributed by atoms with Crippen LogP contribution in [-0.2, 0) is 22.3 Å². The van der Waals surface area contributed by atoms with Gasteiger partial charge < -0.3 is 10.4 Å². The van der Waals surface area contributed by atoms with Gasteiger partial charge in [-0.15, -0.1) is 0 Å². The number of nitrogens with one attached hydrogen (secondary N) is 1. The van der Waals surface area contributed by atoms with Crippen LogP contribution in [0.3, 0.4) is 0 Å². The maximum Gasteiger partial charge on any atom is 0.304 e. The second kappa shape index (κ2) is 8.46. The summed E-state index contributed by atoms with van der Waals surface area (Å²) in [6, 6.07) is 4.99. The lowest BCUT2D eigenvalue weighted by molar-refractivity contribution is -0.191. The lowest BCUT2D eigenvalue weighted by atomic mass is 9.86. The Kier molecular flexibility index (Phi) is 6.05. The van der Waals surface area contributed by atoms with E-state index in [1.165, 1.54) is 31.3 Å². The number of alkyl halides is 2. The lowest BCUT2D eigenvalue weighted by Gasteiger charge is -2.33. The van der Waals surface area contributed by atoms with Gasteiger partial charge in [-0.05, 0) is 44.7 Å². The predicted molar refractivity (Wildman–Crippen MR) is 121 cm³/mol. The highest BCUT2D eigenvalue weighted by Gasteiger charge is 2.59. The number of nitrogens with zero attached hydrogens (tertiary/aromatic N) is 3. The van der Waals surface area contributed by atoms with Gasteiger partial charge in [-0.1, -0.05) is 19.1 Å². The van der Waals surface area contributed by atoms with Gasteiger partial charge in [0.05, 0.1) is 23.0 Å². The van der Waals surface area contributed by atoms with Crippen molar-refractivity contribution in [3.8, 4) is 0 Å². The zero-order chi connectivity index (χ0) is 24.9. The molecular formula is C23H25F3N4O3S. The molecule has 0 aliphatic heterocycles. The van der Waals surface area contributed by atoms with E-state index in [0.717, 1.165) is 13.0 Å². The van der Waals surface area contributed by atoms with Crippen LogP contribution in [0.15, 0.2) is 35.5 Å². The Labute approximate surface area is 195 Å². The van der Waals surface area contributed by atoms with Gasteiger partial charge in [0.25, 0.3) is 0 Å². The van der Waals surface area contributed by atoms with Crippen LogP contribution in [0.25, 0.3) is 10.9 Å². The Morgan fingerprint density at radius 2 is 1.94 bits per heavy atom. The minimum atomic E-state index is -3.78. The first kappa shape index (κ1) is 24.3. The van der Waals surface area contributed by atoms with E-state index in [-0.39, 0.29) is 28.7 Å². The van der Waals surface area contributed by atoms with Crippen LogP contribution >= 0.6 is 0 Å². The van der Waals surface area contributed by atoms with Gasteiger partial charge in [0.2, 0.25) is 0 Å². The SMILES string of the molecule is CCS(=O)(=O)c1cc2c(NCc3cccc(C(F)(F)C(C)(O)C4CC4)c3F)nc(C)nc2cn1. The molecule has 0 saturated heterocycles. The Bertz CT molecular complexity index is 1360. The van der Waals surface area contributed by atoms with Crippen molar-refractivity contribution in [2.75, 3.05) is 11.1 Å².